The van der Waals surface area contributed by atoms with Crippen molar-refractivity contribution in [1.29, 1.82) is 0 Å². The average Bonchev–Trinajstić information content (AvgIpc) is 3.78. The van der Waals surface area contributed by atoms with Crippen LogP contribution in [0.15, 0.2) is 229 Å². The molecule has 1 aliphatic heterocycles. The van der Waals surface area contributed by atoms with Gasteiger partial charge >= 0.3 is 0 Å². The molecule has 3 aliphatic rings. The summed E-state index contributed by atoms with van der Waals surface area (Å²) in [5.41, 5.74) is 21.1. The summed E-state index contributed by atoms with van der Waals surface area (Å²) in [7, 11) is 0. The van der Waals surface area contributed by atoms with Crippen molar-refractivity contribution in [3.05, 3.63) is 247 Å². The van der Waals surface area contributed by atoms with E-state index in [1.165, 1.54) is 55.6 Å². The van der Waals surface area contributed by atoms with Crippen LogP contribution in [0.4, 0.5) is 17.1 Å². The monoisotopic (exact) mass is 815 g/mol. The number of benzene rings is 10. The van der Waals surface area contributed by atoms with Crippen molar-refractivity contribution in [3.8, 4) is 67.1 Å². The van der Waals surface area contributed by atoms with E-state index in [1.807, 2.05) is 12.1 Å². The topological polar surface area (TPSA) is 25.6 Å². The largest absolute Gasteiger partial charge is 0.456 e. The maximum atomic E-state index is 6.70. The van der Waals surface area contributed by atoms with Crippen molar-refractivity contribution in [3.63, 3.8) is 0 Å². The second kappa shape index (κ2) is 13.3. The number of rotatable bonds is 3. The quantitative estimate of drug-likeness (QED) is 0.178. The molecule has 0 amide bonds. The molecule has 64 heavy (non-hydrogen) atoms. The van der Waals surface area contributed by atoms with Crippen LogP contribution in [-0.2, 0) is 5.41 Å². The normalized spacial score (nSPS) is 14.8. The first-order chi connectivity index (χ1) is 31.7. The van der Waals surface area contributed by atoms with Crippen LogP contribution in [0.5, 0.6) is 11.5 Å². The number of hydrogen-bond donors (Lipinski definition) is 0. The molecule has 11 aromatic rings. The molecule has 1 spiro atoms. The second-order valence-electron chi connectivity index (χ2n) is 17.1. The Balaban J connectivity index is 1.06. The average molecular weight is 816 g/mol. The van der Waals surface area contributed by atoms with Gasteiger partial charge in [0.1, 0.15) is 22.7 Å². The van der Waals surface area contributed by atoms with Gasteiger partial charge < -0.3 is 14.1 Å². The van der Waals surface area contributed by atoms with Crippen LogP contribution >= 0.6 is 0 Å². The Morgan fingerprint density at radius 3 is 1.52 bits per heavy atom. The zero-order valence-electron chi connectivity index (χ0n) is 34.6. The van der Waals surface area contributed by atoms with E-state index < -0.39 is 5.41 Å². The molecule has 3 heteroatoms. The van der Waals surface area contributed by atoms with E-state index in [1.54, 1.807) is 0 Å². The van der Waals surface area contributed by atoms with Crippen LogP contribution in [0.2, 0.25) is 0 Å². The predicted molar refractivity (Wildman–Crippen MR) is 261 cm³/mol. The Bertz CT molecular complexity index is 3730. The zero-order valence-corrected chi connectivity index (χ0v) is 34.6. The van der Waals surface area contributed by atoms with Gasteiger partial charge in [-0.2, -0.15) is 0 Å². The number of para-hydroxylation sites is 4. The molecular formula is C61H37NO2. The molecule has 0 bridgehead atoms. The maximum Gasteiger partial charge on any atom is 0.135 e. The highest BCUT2D eigenvalue weighted by Crippen LogP contribution is 2.63. The van der Waals surface area contributed by atoms with Gasteiger partial charge in [0, 0.05) is 39.0 Å². The van der Waals surface area contributed by atoms with Gasteiger partial charge in [0.15, 0.2) is 0 Å². The first-order valence-electron chi connectivity index (χ1n) is 22.0. The summed E-state index contributed by atoms with van der Waals surface area (Å²) in [6, 6.07) is 81.7. The lowest BCUT2D eigenvalue weighted by Gasteiger charge is -2.36. The lowest BCUT2D eigenvalue weighted by molar-refractivity contribution is 0.488. The summed E-state index contributed by atoms with van der Waals surface area (Å²) in [6.07, 6.45) is 0. The first kappa shape index (κ1) is 35.2. The van der Waals surface area contributed by atoms with Crippen molar-refractivity contribution in [1.82, 2.24) is 0 Å². The van der Waals surface area contributed by atoms with E-state index in [0.717, 1.165) is 72.8 Å². The second-order valence-corrected chi connectivity index (χ2v) is 17.1. The van der Waals surface area contributed by atoms with Crippen LogP contribution < -0.4 is 9.64 Å². The van der Waals surface area contributed by atoms with Crippen LogP contribution in [0.1, 0.15) is 22.3 Å². The van der Waals surface area contributed by atoms with Gasteiger partial charge in [-0.3, -0.25) is 0 Å². The van der Waals surface area contributed by atoms with E-state index in [0.29, 0.717) is 0 Å². The maximum absolute atomic E-state index is 6.70. The van der Waals surface area contributed by atoms with Crippen molar-refractivity contribution >= 4 is 39.0 Å². The minimum atomic E-state index is -0.651. The molecule has 1 atom stereocenters. The fourth-order valence-electron chi connectivity index (χ4n) is 11.3. The van der Waals surface area contributed by atoms with Crippen LogP contribution in [0.3, 0.4) is 0 Å². The molecule has 1 unspecified atom stereocenters. The first-order valence-corrected chi connectivity index (χ1v) is 22.0. The summed E-state index contributed by atoms with van der Waals surface area (Å²) < 4.78 is 13.3. The third-order valence-corrected chi connectivity index (χ3v) is 13.9. The smallest absolute Gasteiger partial charge is 0.135 e. The molecule has 0 saturated carbocycles. The fourth-order valence-corrected chi connectivity index (χ4v) is 11.3. The minimum absolute atomic E-state index is 0.651. The van der Waals surface area contributed by atoms with Gasteiger partial charge in [0.05, 0.1) is 5.41 Å². The number of furan rings is 1. The molecule has 0 radical (unpaired) electrons. The summed E-state index contributed by atoms with van der Waals surface area (Å²) in [5.74, 6) is 1.71. The van der Waals surface area contributed by atoms with E-state index in [-0.39, 0.29) is 0 Å². The zero-order chi connectivity index (χ0) is 41.9. The van der Waals surface area contributed by atoms with E-state index >= 15 is 0 Å². The van der Waals surface area contributed by atoms with E-state index in [2.05, 4.69) is 217 Å². The third-order valence-electron chi connectivity index (χ3n) is 13.9. The number of hydrogen-bond acceptors (Lipinski definition) is 3. The predicted octanol–water partition coefficient (Wildman–Crippen LogP) is 16.5. The Kier molecular flexibility index (Phi) is 7.32. The number of anilines is 3. The molecule has 3 nitrogen and oxygen atoms in total. The lowest BCUT2D eigenvalue weighted by atomic mass is 9.66. The van der Waals surface area contributed by atoms with Gasteiger partial charge in [-0.25, -0.2) is 0 Å². The summed E-state index contributed by atoms with van der Waals surface area (Å²) in [5, 5.41) is 2.27. The van der Waals surface area contributed by atoms with Crippen molar-refractivity contribution in [2.75, 3.05) is 4.90 Å². The summed E-state index contributed by atoms with van der Waals surface area (Å²) in [6.45, 7) is 0. The Hall–Kier alpha value is -8.40. The third kappa shape index (κ3) is 4.81. The Labute approximate surface area is 370 Å². The molecule has 2 heterocycles. The highest BCUT2D eigenvalue weighted by molar-refractivity contribution is 6.09. The van der Waals surface area contributed by atoms with Crippen molar-refractivity contribution in [2.24, 2.45) is 0 Å². The summed E-state index contributed by atoms with van der Waals surface area (Å²) >= 11 is 0. The van der Waals surface area contributed by atoms with Gasteiger partial charge in [-0.05, 0) is 133 Å². The van der Waals surface area contributed by atoms with Gasteiger partial charge in [-0.1, -0.05) is 158 Å². The highest BCUT2D eigenvalue weighted by atomic mass is 16.5. The van der Waals surface area contributed by atoms with Crippen LogP contribution in [0.25, 0.3) is 77.6 Å². The van der Waals surface area contributed by atoms with E-state index in [9.17, 15) is 0 Å². The number of nitrogens with zero attached hydrogens (tertiary/aromatic N) is 1. The number of ether oxygens (including phenoxy) is 1. The molecule has 10 aromatic carbocycles. The lowest BCUT2D eigenvalue weighted by Crippen LogP contribution is -2.29. The molecular weight excluding hydrogens is 779 g/mol. The van der Waals surface area contributed by atoms with Gasteiger partial charge in [0.2, 0.25) is 0 Å². The molecule has 14 rings (SSSR count). The molecule has 298 valence electrons. The van der Waals surface area contributed by atoms with Crippen LogP contribution in [-0.4, -0.2) is 0 Å². The van der Waals surface area contributed by atoms with Gasteiger partial charge in [0.25, 0.3) is 0 Å². The molecule has 0 fully saturated rings. The van der Waals surface area contributed by atoms with E-state index in [4.69, 9.17) is 9.15 Å². The minimum Gasteiger partial charge on any atom is -0.456 e. The SMILES string of the molecule is c1ccc(N(c2ccc3c(c2)-c2ccccc2Oc2ccccc2-3)c2ccc3c(c2)-c2ccccc2-c2ccccc2C32c3ccccc3-c3cc4c(cc32)oc2ccccc24)cc1. The van der Waals surface area contributed by atoms with Gasteiger partial charge in [-0.15, -0.1) is 0 Å². The molecule has 2 aliphatic carbocycles. The molecule has 0 N–H and O–H groups in total. The standard InChI is InChI=1S/C61H37NO2/c1-2-16-38(17-3-1)62(39-30-32-43-46-22-8-13-27-57(46)63-58-28-14-9-23-47(58)49(43)34-39)40-31-33-55-50(35-40)42-19-5-4-18-41(42)44-20-6-11-25-53(44)61(55)54-26-12-7-21-45(54)51-36-52-48-24-10-15-29-59(48)64-60(52)37-56(51)61/h1-37H. The number of fused-ring (bicyclic) bond motifs is 20. The molecule has 1 aromatic heterocycles. The van der Waals surface area contributed by atoms with Crippen molar-refractivity contribution in [2.45, 2.75) is 5.41 Å². The Morgan fingerprint density at radius 1 is 0.281 bits per heavy atom. The summed E-state index contributed by atoms with van der Waals surface area (Å²) in [4.78, 5) is 2.41. The fraction of sp³-hybridized carbons (Fsp3) is 0.0164. The van der Waals surface area contributed by atoms with Crippen LogP contribution in [0, 0.1) is 0 Å². The highest BCUT2D eigenvalue weighted by Gasteiger charge is 2.50. The van der Waals surface area contributed by atoms with Crippen molar-refractivity contribution < 1.29 is 9.15 Å². The Morgan fingerprint density at radius 2 is 0.781 bits per heavy atom. The molecule has 0 saturated heterocycles.